The van der Waals surface area contributed by atoms with E-state index < -0.39 is 10.0 Å². The van der Waals surface area contributed by atoms with Crippen molar-refractivity contribution in [2.24, 2.45) is 0 Å². The molecule has 1 aliphatic carbocycles. The first kappa shape index (κ1) is 17.9. The van der Waals surface area contributed by atoms with Crippen LogP contribution in [-0.2, 0) is 10.0 Å². The van der Waals surface area contributed by atoms with Crippen LogP contribution in [0.15, 0.2) is 30.3 Å². The van der Waals surface area contributed by atoms with Gasteiger partial charge in [0.05, 0.1) is 5.75 Å². The van der Waals surface area contributed by atoms with Crippen molar-refractivity contribution in [2.45, 2.75) is 63.5 Å². The summed E-state index contributed by atoms with van der Waals surface area (Å²) in [6.07, 6.45) is 6.85. The summed E-state index contributed by atoms with van der Waals surface area (Å²) in [5, 5.41) is 3.80. The second kappa shape index (κ2) is 7.98. The summed E-state index contributed by atoms with van der Waals surface area (Å²) >= 11 is 0. The Hall–Kier alpha value is -0.910. The Labute approximate surface area is 146 Å². The molecular formula is C19H30N2O2S. The lowest BCUT2D eigenvalue weighted by molar-refractivity contribution is 0.246. The summed E-state index contributed by atoms with van der Waals surface area (Å²) in [6.45, 7) is 3.07. The molecule has 0 bridgehead atoms. The number of sulfonamides is 1. The van der Waals surface area contributed by atoms with Gasteiger partial charge in [0.15, 0.2) is 0 Å². The average Bonchev–Trinajstić information content (AvgIpc) is 2.63. The standard InChI is InChI=1S/C19H30N2O2S/c1-2-24(22,23)21-14-12-19(13-15-21)20-18-10-8-17(9-11-18)16-6-4-3-5-7-16/h3-7,17-20H,2,8-15H2,1H3. The minimum atomic E-state index is -3.01. The monoisotopic (exact) mass is 350 g/mol. The van der Waals surface area contributed by atoms with Gasteiger partial charge >= 0.3 is 0 Å². The Bertz CT molecular complexity index is 602. The third-order valence-electron chi connectivity index (χ3n) is 5.68. The van der Waals surface area contributed by atoms with E-state index in [4.69, 9.17) is 0 Å². The molecule has 1 N–H and O–H groups in total. The van der Waals surface area contributed by atoms with Crippen LogP contribution in [0.4, 0.5) is 0 Å². The van der Waals surface area contributed by atoms with Crippen molar-refractivity contribution in [3.8, 4) is 0 Å². The number of nitrogens with one attached hydrogen (secondary N) is 1. The maximum atomic E-state index is 11.9. The van der Waals surface area contributed by atoms with E-state index in [2.05, 4.69) is 35.6 Å². The van der Waals surface area contributed by atoms with E-state index >= 15 is 0 Å². The second-order valence-corrected chi connectivity index (χ2v) is 9.46. The van der Waals surface area contributed by atoms with Gasteiger partial charge in [0.25, 0.3) is 0 Å². The lowest BCUT2D eigenvalue weighted by Gasteiger charge is -2.36. The van der Waals surface area contributed by atoms with Crippen molar-refractivity contribution in [1.82, 2.24) is 9.62 Å². The van der Waals surface area contributed by atoms with Crippen molar-refractivity contribution in [3.05, 3.63) is 35.9 Å². The summed E-state index contributed by atoms with van der Waals surface area (Å²) in [5.41, 5.74) is 1.48. The summed E-state index contributed by atoms with van der Waals surface area (Å²) in [6, 6.07) is 11.9. The highest BCUT2D eigenvalue weighted by Gasteiger charge is 2.29. The minimum absolute atomic E-state index is 0.217. The normalized spacial score (nSPS) is 27.2. The van der Waals surface area contributed by atoms with Crippen LogP contribution in [-0.4, -0.2) is 43.6 Å². The van der Waals surface area contributed by atoms with Gasteiger partial charge in [-0.2, -0.15) is 0 Å². The molecule has 2 aliphatic rings. The maximum absolute atomic E-state index is 11.9. The molecule has 5 heteroatoms. The van der Waals surface area contributed by atoms with Crippen LogP contribution in [0.25, 0.3) is 0 Å². The first-order valence-corrected chi connectivity index (χ1v) is 11.0. The predicted octanol–water partition coefficient (Wildman–Crippen LogP) is 3.12. The third kappa shape index (κ3) is 4.38. The molecule has 0 unspecified atom stereocenters. The van der Waals surface area contributed by atoms with Crippen LogP contribution < -0.4 is 5.32 Å². The molecular weight excluding hydrogens is 320 g/mol. The quantitative estimate of drug-likeness (QED) is 0.888. The smallest absolute Gasteiger partial charge is 0.213 e. The first-order valence-electron chi connectivity index (χ1n) is 9.37. The molecule has 1 aliphatic heterocycles. The zero-order chi connectivity index (χ0) is 17.0. The lowest BCUT2D eigenvalue weighted by Crippen LogP contribution is -2.48. The average molecular weight is 351 g/mol. The molecule has 1 saturated heterocycles. The fraction of sp³-hybridized carbons (Fsp3) is 0.684. The van der Waals surface area contributed by atoms with Gasteiger partial charge in [-0.15, -0.1) is 0 Å². The van der Waals surface area contributed by atoms with Crippen LogP contribution in [0.3, 0.4) is 0 Å². The fourth-order valence-electron chi connectivity index (χ4n) is 4.14. The highest BCUT2D eigenvalue weighted by molar-refractivity contribution is 7.89. The van der Waals surface area contributed by atoms with Crippen molar-refractivity contribution < 1.29 is 8.42 Å². The number of nitrogens with zero attached hydrogens (tertiary/aromatic N) is 1. The SMILES string of the molecule is CCS(=O)(=O)N1CCC(NC2CCC(c3ccccc3)CC2)CC1. The molecule has 3 rings (SSSR count). The highest BCUT2D eigenvalue weighted by atomic mass is 32.2. The van der Waals surface area contributed by atoms with Gasteiger partial charge in [-0.3, -0.25) is 0 Å². The Balaban J connectivity index is 1.43. The van der Waals surface area contributed by atoms with Crippen molar-refractivity contribution in [3.63, 3.8) is 0 Å². The summed E-state index contributed by atoms with van der Waals surface area (Å²) in [4.78, 5) is 0. The third-order valence-corrected chi connectivity index (χ3v) is 7.56. The molecule has 1 saturated carbocycles. The molecule has 0 atom stereocenters. The van der Waals surface area contributed by atoms with Gasteiger partial charge in [-0.25, -0.2) is 12.7 Å². The van der Waals surface area contributed by atoms with E-state index in [1.807, 2.05) is 0 Å². The van der Waals surface area contributed by atoms with Gasteiger partial charge in [0.1, 0.15) is 0 Å². The first-order chi connectivity index (χ1) is 11.6. The Morgan fingerprint density at radius 2 is 1.54 bits per heavy atom. The fourth-order valence-corrected chi connectivity index (χ4v) is 5.27. The van der Waals surface area contributed by atoms with Crippen molar-refractivity contribution in [2.75, 3.05) is 18.8 Å². The van der Waals surface area contributed by atoms with Crippen LogP contribution in [0.5, 0.6) is 0 Å². The molecule has 4 nitrogen and oxygen atoms in total. The van der Waals surface area contributed by atoms with Gasteiger partial charge in [-0.1, -0.05) is 30.3 Å². The molecule has 1 aromatic rings. The van der Waals surface area contributed by atoms with Gasteiger partial charge < -0.3 is 5.32 Å². The van der Waals surface area contributed by atoms with E-state index in [1.165, 1.54) is 31.2 Å². The van der Waals surface area contributed by atoms with E-state index in [0.717, 1.165) is 12.8 Å². The lowest BCUT2D eigenvalue weighted by atomic mass is 9.81. The molecule has 0 spiro atoms. The van der Waals surface area contributed by atoms with Crippen LogP contribution >= 0.6 is 0 Å². The maximum Gasteiger partial charge on any atom is 0.213 e. The molecule has 1 aromatic carbocycles. The molecule has 134 valence electrons. The summed E-state index contributed by atoms with van der Waals surface area (Å²) in [7, 11) is -3.01. The second-order valence-electron chi connectivity index (χ2n) is 7.20. The topological polar surface area (TPSA) is 49.4 Å². The van der Waals surface area contributed by atoms with E-state index in [0.29, 0.717) is 31.1 Å². The number of benzene rings is 1. The minimum Gasteiger partial charge on any atom is -0.311 e. The molecule has 0 radical (unpaired) electrons. The van der Waals surface area contributed by atoms with E-state index in [9.17, 15) is 8.42 Å². The number of hydrogen-bond acceptors (Lipinski definition) is 3. The highest BCUT2D eigenvalue weighted by Crippen LogP contribution is 2.33. The van der Waals surface area contributed by atoms with E-state index in [1.54, 1.807) is 11.2 Å². The van der Waals surface area contributed by atoms with Crippen molar-refractivity contribution in [1.29, 1.82) is 0 Å². The Morgan fingerprint density at radius 3 is 2.12 bits per heavy atom. The van der Waals surface area contributed by atoms with E-state index in [-0.39, 0.29) is 5.75 Å². The zero-order valence-corrected chi connectivity index (χ0v) is 15.5. The van der Waals surface area contributed by atoms with Gasteiger partial charge in [0.2, 0.25) is 10.0 Å². The molecule has 2 fully saturated rings. The summed E-state index contributed by atoms with van der Waals surface area (Å²) < 4.78 is 25.5. The largest absolute Gasteiger partial charge is 0.311 e. The molecule has 0 aromatic heterocycles. The molecule has 0 amide bonds. The molecule has 24 heavy (non-hydrogen) atoms. The van der Waals surface area contributed by atoms with Crippen LogP contribution in [0, 0.1) is 0 Å². The number of hydrogen-bond donors (Lipinski definition) is 1. The number of rotatable bonds is 5. The van der Waals surface area contributed by atoms with Crippen LogP contribution in [0.1, 0.15) is 56.9 Å². The zero-order valence-electron chi connectivity index (χ0n) is 14.7. The van der Waals surface area contributed by atoms with Gasteiger partial charge in [-0.05, 0) is 56.9 Å². The Kier molecular flexibility index (Phi) is 5.95. The van der Waals surface area contributed by atoms with Gasteiger partial charge in [0, 0.05) is 25.2 Å². The molecule has 1 heterocycles. The summed E-state index contributed by atoms with van der Waals surface area (Å²) in [5.74, 6) is 0.926. The number of piperidine rings is 1. The van der Waals surface area contributed by atoms with Crippen molar-refractivity contribution >= 4 is 10.0 Å². The Morgan fingerprint density at radius 1 is 0.958 bits per heavy atom. The predicted molar refractivity (Wildman–Crippen MR) is 98.6 cm³/mol. The van der Waals surface area contributed by atoms with Crippen LogP contribution in [0.2, 0.25) is 0 Å².